The zero-order valence-electron chi connectivity index (χ0n) is 9.03. The first-order valence-electron chi connectivity index (χ1n) is 4.93. The zero-order valence-corrected chi connectivity index (χ0v) is 10.6. The van der Waals surface area contributed by atoms with Crippen LogP contribution in [0.4, 0.5) is 0 Å². The molecule has 0 heterocycles. The molecule has 0 aliphatic heterocycles. The van der Waals surface area contributed by atoms with E-state index in [-0.39, 0.29) is 4.90 Å². The zero-order chi connectivity index (χ0) is 12.2. The fraction of sp³-hybridized carbons (Fsp3) is 0.400. The van der Waals surface area contributed by atoms with Crippen molar-refractivity contribution in [3.05, 3.63) is 28.8 Å². The Hall–Kier alpha value is -0.620. The van der Waals surface area contributed by atoms with Crippen LogP contribution in [0, 0.1) is 6.92 Å². The van der Waals surface area contributed by atoms with E-state index in [9.17, 15) is 8.42 Å². The molecule has 3 N–H and O–H groups in total. The van der Waals surface area contributed by atoms with Gasteiger partial charge in [-0.25, -0.2) is 13.1 Å². The Kier molecular flexibility index (Phi) is 4.73. The van der Waals surface area contributed by atoms with Crippen LogP contribution in [0.3, 0.4) is 0 Å². The molecule has 0 unspecified atom stereocenters. The smallest absolute Gasteiger partial charge is 0.240 e. The van der Waals surface area contributed by atoms with Crippen LogP contribution < -0.4 is 10.5 Å². The Morgan fingerprint density at radius 3 is 2.69 bits per heavy atom. The Morgan fingerprint density at radius 2 is 2.12 bits per heavy atom. The number of halogens is 1. The molecule has 6 heteroatoms. The number of benzene rings is 1. The maximum Gasteiger partial charge on any atom is 0.240 e. The highest BCUT2D eigenvalue weighted by Gasteiger charge is 2.13. The maximum atomic E-state index is 11.8. The molecule has 1 rings (SSSR count). The number of hydrogen-bond acceptors (Lipinski definition) is 3. The summed E-state index contributed by atoms with van der Waals surface area (Å²) in [6, 6.07) is 4.66. The summed E-state index contributed by atoms with van der Waals surface area (Å²) in [6.07, 6.45) is 0.610. The lowest BCUT2D eigenvalue weighted by molar-refractivity contribution is 0.579. The highest BCUT2D eigenvalue weighted by Crippen LogP contribution is 2.19. The van der Waals surface area contributed by atoms with Gasteiger partial charge in [0.25, 0.3) is 0 Å². The quantitative estimate of drug-likeness (QED) is 0.785. The molecule has 0 aromatic heterocycles. The summed E-state index contributed by atoms with van der Waals surface area (Å²) in [7, 11) is -3.46. The van der Waals surface area contributed by atoms with E-state index in [1.807, 2.05) is 6.92 Å². The minimum atomic E-state index is -3.46. The van der Waals surface area contributed by atoms with Gasteiger partial charge < -0.3 is 5.73 Å². The second-order valence-corrected chi connectivity index (χ2v) is 5.63. The van der Waals surface area contributed by atoms with Crippen LogP contribution in [0.15, 0.2) is 23.1 Å². The lowest BCUT2D eigenvalue weighted by atomic mass is 10.2. The Morgan fingerprint density at radius 1 is 1.44 bits per heavy atom. The molecule has 4 nitrogen and oxygen atoms in total. The molecule has 0 aliphatic rings. The first-order valence-corrected chi connectivity index (χ1v) is 6.79. The summed E-state index contributed by atoms with van der Waals surface area (Å²) < 4.78 is 26.0. The first kappa shape index (κ1) is 13.4. The van der Waals surface area contributed by atoms with Crippen molar-refractivity contribution < 1.29 is 8.42 Å². The molecule has 1 aromatic carbocycles. The third-order valence-electron chi connectivity index (χ3n) is 2.13. The second kappa shape index (κ2) is 5.63. The van der Waals surface area contributed by atoms with E-state index < -0.39 is 10.0 Å². The highest BCUT2D eigenvalue weighted by molar-refractivity contribution is 7.89. The number of rotatable bonds is 5. The van der Waals surface area contributed by atoms with E-state index in [1.165, 1.54) is 12.1 Å². The summed E-state index contributed by atoms with van der Waals surface area (Å²) in [4.78, 5) is 0.181. The summed E-state index contributed by atoms with van der Waals surface area (Å²) >= 11 is 5.87. The van der Waals surface area contributed by atoms with Gasteiger partial charge in [0.1, 0.15) is 0 Å². The average Bonchev–Trinajstić information content (AvgIpc) is 2.22. The van der Waals surface area contributed by atoms with Gasteiger partial charge in [0.2, 0.25) is 10.0 Å². The van der Waals surface area contributed by atoms with Crippen LogP contribution in [0.1, 0.15) is 12.0 Å². The van der Waals surface area contributed by atoms with Crippen LogP contribution in [-0.2, 0) is 10.0 Å². The summed E-state index contributed by atoms with van der Waals surface area (Å²) in [6.45, 7) is 2.61. The van der Waals surface area contributed by atoms with Crippen LogP contribution in [0.5, 0.6) is 0 Å². The van der Waals surface area contributed by atoms with Gasteiger partial charge in [0.15, 0.2) is 0 Å². The first-order chi connectivity index (χ1) is 7.47. The number of aryl methyl sites for hydroxylation is 1. The van der Waals surface area contributed by atoms with Gasteiger partial charge in [-0.05, 0) is 37.6 Å². The van der Waals surface area contributed by atoms with Crippen LogP contribution in [0.2, 0.25) is 5.02 Å². The molecule has 0 fully saturated rings. The van der Waals surface area contributed by atoms with E-state index in [1.54, 1.807) is 6.07 Å². The van der Waals surface area contributed by atoms with Gasteiger partial charge in [0.05, 0.1) is 4.90 Å². The fourth-order valence-electron chi connectivity index (χ4n) is 1.13. The molecule has 0 radical (unpaired) electrons. The molecule has 0 spiro atoms. The molecular formula is C10H15ClN2O2S. The average molecular weight is 263 g/mol. The van der Waals surface area contributed by atoms with Crippen molar-refractivity contribution in [3.63, 3.8) is 0 Å². The van der Waals surface area contributed by atoms with E-state index in [4.69, 9.17) is 17.3 Å². The molecule has 16 heavy (non-hydrogen) atoms. The van der Waals surface area contributed by atoms with Crippen molar-refractivity contribution in [2.24, 2.45) is 5.73 Å². The number of nitrogens with two attached hydrogens (primary N) is 1. The van der Waals surface area contributed by atoms with Gasteiger partial charge in [-0.2, -0.15) is 0 Å². The number of sulfonamides is 1. The lowest BCUT2D eigenvalue weighted by Crippen LogP contribution is -2.26. The van der Waals surface area contributed by atoms with E-state index in [0.717, 1.165) is 5.56 Å². The summed E-state index contributed by atoms with van der Waals surface area (Å²) in [5.74, 6) is 0. The molecule has 0 saturated heterocycles. The highest BCUT2D eigenvalue weighted by atomic mass is 35.5. The molecular weight excluding hydrogens is 248 g/mol. The van der Waals surface area contributed by atoms with Crippen molar-refractivity contribution in [1.82, 2.24) is 4.72 Å². The fourth-order valence-corrected chi connectivity index (χ4v) is 2.48. The Labute approximate surface area is 101 Å². The van der Waals surface area contributed by atoms with Crippen molar-refractivity contribution in [3.8, 4) is 0 Å². The molecule has 90 valence electrons. The SMILES string of the molecule is Cc1ccc(S(=O)(=O)NCCCN)cc1Cl. The van der Waals surface area contributed by atoms with Gasteiger partial charge in [-0.15, -0.1) is 0 Å². The van der Waals surface area contributed by atoms with Crippen molar-refractivity contribution in [1.29, 1.82) is 0 Å². The topological polar surface area (TPSA) is 72.2 Å². The van der Waals surface area contributed by atoms with Crippen molar-refractivity contribution in [2.45, 2.75) is 18.2 Å². The standard InChI is InChI=1S/C10H15ClN2O2S/c1-8-3-4-9(7-10(8)11)16(14,15)13-6-2-5-12/h3-4,7,13H,2,5-6,12H2,1H3. The lowest BCUT2D eigenvalue weighted by Gasteiger charge is -2.07. The number of nitrogens with one attached hydrogen (secondary N) is 1. The van der Waals surface area contributed by atoms with Crippen molar-refractivity contribution >= 4 is 21.6 Å². The summed E-state index contributed by atoms with van der Waals surface area (Å²) in [5, 5.41) is 0.446. The predicted molar refractivity (Wildman–Crippen MR) is 65.0 cm³/mol. The Bertz CT molecular complexity index is 460. The van der Waals surface area contributed by atoms with Gasteiger partial charge in [0, 0.05) is 11.6 Å². The Balaban J connectivity index is 2.86. The molecule has 0 amide bonds. The maximum absolute atomic E-state index is 11.8. The van der Waals surface area contributed by atoms with E-state index >= 15 is 0 Å². The third-order valence-corrected chi connectivity index (χ3v) is 3.99. The normalized spacial score (nSPS) is 11.7. The van der Waals surface area contributed by atoms with E-state index in [2.05, 4.69) is 4.72 Å². The molecule has 0 aliphatic carbocycles. The number of hydrogen-bond donors (Lipinski definition) is 2. The molecule has 1 aromatic rings. The molecule has 0 bridgehead atoms. The second-order valence-electron chi connectivity index (χ2n) is 3.45. The van der Waals surface area contributed by atoms with E-state index in [0.29, 0.717) is 24.5 Å². The van der Waals surface area contributed by atoms with Crippen LogP contribution >= 0.6 is 11.6 Å². The van der Waals surface area contributed by atoms with Gasteiger partial charge >= 0.3 is 0 Å². The molecule has 0 atom stereocenters. The van der Waals surface area contributed by atoms with Crippen LogP contribution in [-0.4, -0.2) is 21.5 Å². The monoisotopic (exact) mass is 262 g/mol. The predicted octanol–water partition coefficient (Wildman–Crippen LogP) is 1.28. The minimum absolute atomic E-state index is 0.181. The van der Waals surface area contributed by atoms with Gasteiger partial charge in [-0.3, -0.25) is 0 Å². The minimum Gasteiger partial charge on any atom is -0.330 e. The van der Waals surface area contributed by atoms with Crippen LogP contribution in [0.25, 0.3) is 0 Å². The molecule has 0 saturated carbocycles. The largest absolute Gasteiger partial charge is 0.330 e. The summed E-state index contributed by atoms with van der Waals surface area (Å²) in [5.41, 5.74) is 6.13. The third kappa shape index (κ3) is 3.45. The van der Waals surface area contributed by atoms with Crippen molar-refractivity contribution in [2.75, 3.05) is 13.1 Å². The van der Waals surface area contributed by atoms with Gasteiger partial charge in [-0.1, -0.05) is 17.7 Å².